The summed E-state index contributed by atoms with van der Waals surface area (Å²) in [5.41, 5.74) is 0.274. The first kappa shape index (κ1) is 37.4. The number of halogens is 4. The van der Waals surface area contributed by atoms with Crippen LogP contribution in [-0.4, -0.2) is 11.9 Å². The molecule has 0 unspecified atom stereocenters. The van der Waals surface area contributed by atoms with Crippen LogP contribution in [0.2, 0.25) is 0 Å². The molecule has 0 bridgehead atoms. The van der Waals surface area contributed by atoms with Crippen LogP contribution in [0.5, 0.6) is 11.5 Å². The molecule has 3 aromatic carbocycles. The lowest BCUT2D eigenvalue weighted by molar-refractivity contribution is -0.188. The lowest BCUT2D eigenvalue weighted by atomic mass is 10.1. The van der Waals surface area contributed by atoms with Crippen LogP contribution in [-0.2, 0) is 50.9 Å². The number of hydrogen-bond acceptors (Lipinski definition) is 6. The molecule has 6 nitrogen and oxygen atoms in total. The number of ether oxygens (including phenoxy) is 4. The number of benzene rings is 3. The summed E-state index contributed by atoms with van der Waals surface area (Å²) in [6.07, 6.45) is -5.31. The molecule has 0 saturated carbocycles. The molecule has 0 aliphatic carbocycles. The van der Waals surface area contributed by atoms with Crippen molar-refractivity contribution in [2.45, 2.75) is 66.5 Å². The Kier molecular flexibility index (Phi) is 15.4. The summed E-state index contributed by atoms with van der Waals surface area (Å²) in [4.78, 5) is 22.3. The van der Waals surface area contributed by atoms with E-state index in [1.165, 1.54) is 30.3 Å². The van der Waals surface area contributed by atoms with Gasteiger partial charge in [0.2, 0.25) is 0 Å². The predicted octanol–water partition coefficient (Wildman–Crippen LogP) is 9.02. The summed E-state index contributed by atoms with van der Waals surface area (Å²) in [5, 5.41) is 0. The van der Waals surface area contributed by atoms with Gasteiger partial charge in [-0.15, -0.1) is 0 Å². The Labute approximate surface area is 255 Å². The Morgan fingerprint density at radius 3 is 1.48 bits per heavy atom. The van der Waals surface area contributed by atoms with Crippen molar-refractivity contribution in [1.29, 1.82) is 0 Å². The van der Waals surface area contributed by atoms with Crippen LogP contribution in [0.15, 0.2) is 92.0 Å². The SMILES string of the molecule is C=CC(=O)OCc1ccc(C(F)(F)Oc2ccc(OC(F)(F)c3ccc(COC(=O)C=C)cc3)c(CC)c2)cc1.CC.CC. The average molecular weight is 619 g/mol. The van der Waals surface area contributed by atoms with Crippen LogP contribution < -0.4 is 9.47 Å². The first-order valence-corrected chi connectivity index (χ1v) is 14.0. The van der Waals surface area contributed by atoms with Gasteiger partial charge in [-0.05, 0) is 65.6 Å². The standard InChI is InChI=1S/C30H26F4O6.2C2H6/c1-4-22-17-25(39-29(31,32)23-11-7-20(8-12-23)18-37-27(35)5-2)15-16-26(22)40-30(33,34)24-13-9-21(10-14-24)19-38-28(36)6-3;2*1-2/h5-17H,2-4,18-19H2,1H3;2*1-2H3. The smallest absolute Gasteiger partial charge is 0.426 e. The van der Waals surface area contributed by atoms with E-state index in [4.69, 9.17) is 18.9 Å². The van der Waals surface area contributed by atoms with Gasteiger partial charge in [0, 0.05) is 12.2 Å². The number of aryl methyl sites for hydroxylation is 1. The molecule has 10 heteroatoms. The van der Waals surface area contributed by atoms with Crippen molar-refractivity contribution in [1.82, 2.24) is 0 Å². The van der Waals surface area contributed by atoms with E-state index in [9.17, 15) is 27.2 Å². The van der Waals surface area contributed by atoms with Gasteiger partial charge in [0.1, 0.15) is 24.7 Å². The second-order valence-corrected chi connectivity index (χ2v) is 8.38. The fraction of sp³-hybridized carbons (Fsp3) is 0.294. The molecule has 0 aromatic heterocycles. The monoisotopic (exact) mass is 618 g/mol. The molecular weight excluding hydrogens is 580 g/mol. The molecule has 0 saturated heterocycles. The molecule has 0 aliphatic heterocycles. The third kappa shape index (κ3) is 11.2. The highest BCUT2D eigenvalue weighted by atomic mass is 19.3. The number of carbonyl (C=O) groups is 2. The highest BCUT2D eigenvalue weighted by Crippen LogP contribution is 2.37. The van der Waals surface area contributed by atoms with Crippen molar-refractivity contribution in [3.63, 3.8) is 0 Å². The Bertz CT molecular complexity index is 1350. The third-order valence-corrected chi connectivity index (χ3v) is 5.57. The topological polar surface area (TPSA) is 71.1 Å². The second-order valence-electron chi connectivity index (χ2n) is 8.38. The largest absolute Gasteiger partial charge is 0.458 e. The quantitative estimate of drug-likeness (QED) is 0.108. The summed E-state index contributed by atoms with van der Waals surface area (Å²) in [6.45, 7) is 16.0. The molecule has 0 atom stereocenters. The van der Waals surface area contributed by atoms with Gasteiger partial charge in [-0.2, -0.15) is 17.6 Å². The summed E-state index contributed by atoms with van der Waals surface area (Å²) in [7, 11) is 0. The lowest BCUT2D eigenvalue weighted by Gasteiger charge is -2.22. The molecule has 44 heavy (non-hydrogen) atoms. The minimum Gasteiger partial charge on any atom is -0.458 e. The molecule has 0 spiro atoms. The maximum Gasteiger partial charge on any atom is 0.426 e. The molecule has 3 rings (SSSR count). The van der Waals surface area contributed by atoms with Crippen molar-refractivity contribution >= 4 is 11.9 Å². The van der Waals surface area contributed by atoms with Crippen LogP contribution in [0.25, 0.3) is 0 Å². The minimum absolute atomic E-state index is 0.112. The van der Waals surface area contributed by atoms with E-state index in [1.54, 1.807) is 6.92 Å². The van der Waals surface area contributed by atoms with Gasteiger partial charge >= 0.3 is 24.2 Å². The fourth-order valence-electron chi connectivity index (χ4n) is 3.42. The maximum atomic E-state index is 14.9. The fourth-order valence-corrected chi connectivity index (χ4v) is 3.42. The zero-order valence-corrected chi connectivity index (χ0v) is 25.5. The summed E-state index contributed by atoms with van der Waals surface area (Å²) < 4.78 is 79.0. The molecule has 0 aliphatic rings. The van der Waals surface area contributed by atoms with E-state index in [-0.39, 0.29) is 36.7 Å². The van der Waals surface area contributed by atoms with Crippen LogP contribution in [0.1, 0.15) is 62.4 Å². The Hall–Kier alpha value is -4.60. The summed E-state index contributed by atoms with van der Waals surface area (Å²) in [6, 6.07) is 13.4. The first-order chi connectivity index (χ1) is 21.0. The van der Waals surface area contributed by atoms with Gasteiger partial charge in [0.25, 0.3) is 0 Å². The predicted molar refractivity (Wildman–Crippen MR) is 160 cm³/mol. The Morgan fingerprint density at radius 2 is 1.09 bits per heavy atom. The van der Waals surface area contributed by atoms with Gasteiger partial charge in [0.15, 0.2) is 0 Å². The second kappa shape index (κ2) is 18.1. The van der Waals surface area contributed by atoms with Crippen LogP contribution in [0, 0.1) is 0 Å². The van der Waals surface area contributed by atoms with Crippen molar-refractivity contribution in [2.24, 2.45) is 0 Å². The molecule has 3 aromatic rings. The number of carbonyl (C=O) groups excluding carboxylic acids is 2. The number of rotatable bonds is 13. The summed E-state index contributed by atoms with van der Waals surface area (Å²) >= 11 is 0. The van der Waals surface area contributed by atoms with Crippen LogP contribution in [0.4, 0.5) is 17.6 Å². The van der Waals surface area contributed by atoms with E-state index in [2.05, 4.69) is 13.2 Å². The van der Waals surface area contributed by atoms with E-state index in [1.807, 2.05) is 27.7 Å². The van der Waals surface area contributed by atoms with Crippen molar-refractivity contribution in [2.75, 3.05) is 0 Å². The van der Waals surface area contributed by atoms with E-state index >= 15 is 0 Å². The van der Waals surface area contributed by atoms with Gasteiger partial charge < -0.3 is 18.9 Å². The number of alkyl halides is 4. The van der Waals surface area contributed by atoms with Gasteiger partial charge in [0.05, 0.1) is 11.1 Å². The highest BCUT2D eigenvalue weighted by Gasteiger charge is 2.37. The zero-order chi connectivity index (χ0) is 33.3. The van der Waals surface area contributed by atoms with E-state index in [0.29, 0.717) is 11.1 Å². The van der Waals surface area contributed by atoms with Crippen LogP contribution >= 0.6 is 0 Å². The number of hydrogen-bond donors (Lipinski definition) is 0. The molecule has 0 fully saturated rings. The zero-order valence-electron chi connectivity index (χ0n) is 25.5. The normalized spacial score (nSPS) is 10.6. The first-order valence-electron chi connectivity index (χ1n) is 14.0. The Balaban J connectivity index is 0.00000232. The molecule has 0 N–H and O–H groups in total. The lowest BCUT2D eigenvalue weighted by Crippen LogP contribution is -2.23. The Morgan fingerprint density at radius 1 is 0.682 bits per heavy atom. The molecular formula is C34H38F4O6. The van der Waals surface area contributed by atoms with Gasteiger partial charge in [-0.25, -0.2) is 9.59 Å². The van der Waals surface area contributed by atoms with Gasteiger partial charge in [-0.3, -0.25) is 0 Å². The third-order valence-electron chi connectivity index (χ3n) is 5.57. The molecule has 0 heterocycles. The van der Waals surface area contributed by atoms with Crippen LogP contribution in [0.3, 0.4) is 0 Å². The molecule has 0 amide bonds. The molecule has 238 valence electrons. The number of esters is 2. The average Bonchev–Trinajstić information content (AvgIpc) is 3.05. The van der Waals surface area contributed by atoms with Crippen molar-refractivity contribution in [3.05, 3.63) is 120 Å². The van der Waals surface area contributed by atoms with E-state index in [0.717, 1.165) is 48.6 Å². The van der Waals surface area contributed by atoms with Crippen molar-refractivity contribution in [3.8, 4) is 11.5 Å². The van der Waals surface area contributed by atoms with Gasteiger partial charge in [-0.1, -0.05) is 72.0 Å². The van der Waals surface area contributed by atoms with E-state index < -0.39 is 35.3 Å². The molecule has 0 radical (unpaired) electrons. The highest BCUT2D eigenvalue weighted by molar-refractivity contribution is 5.81. The maximum absolute atomic E-state index is 14.9. The minimum atomic E-state index is -3.74. The summed E-state index contributed by atoms with van der Waals surface area (Å²) in [5.74, 6) is -1.74. The van der Waals surface area contributed by atoms with Crippen molar-refractivity contribution < 1.29 is 46.1 Å².